The van der Waals surface area contributed by atoms with E-state index < -0.39 is 6.09 Å². The Hall–Kier alpha value is -3.51. The normalized spacial score (nSPS) is 11.0. The molecule has 4 rings (SSSR count). The van der Waals surface area contributed by atoms with Crippen LogP contribution in [0.3, 0.4) is 0 Å². The molecule has 0 radical (unpaired) electrons. The molecule has 1 amide bonds. The number of aryl methyl sites for hydroxylation is 1. The third kappa shape index (κ3) is 4.84. The van der Waals surface area contributed by atoms with Crippen molar-refractivity contribution in [3.8, 4) is 22.6 Å². The molecule has 3 aromatic carbocycles. The summed E-state index contributed by atoms with van der Waals surface area (Å²) in [5, 5.41) is 1.26. The summed E-state index contributed by atoms with van der Waals surface area (Å²) in [4.78, 5) is 14.4. The molecule has 1 heterocycles. The highest BCUT2D eigenvalue weighted by molar-refractivity contribution is 6.31. The standard InChI is InChI=1S/C28H28ClFN2O3/c1-5-31(6-2)28(33)35-25-14-13-24-21(26(25)19-8-10-20(34-4)11-9-19)15-16-32(24)17-22-23(29)12-7-18(3)27(22)30/h7-16H,5-6,17H2,1-4H3. The van der Waals surface area contributed by atoms with Gasteiger partial charge < -0.3 is 18.9 Å². The zero-order valence-electron chi connectivity index (χ0n) is 20.3. The average molecular weight is 495 g/mol. The Morgan fingerprint density at radius 2 is 1.74 bits per heavy atom. The molecule has 5 nitrogen and oxygen atoms in total. The molecule has 7 heteroatoms. The first-order chi connectivity index (χ1) is 16.9. The van der Waals surface area contributed by atoms with Crippen LogP contribution in [0.1, 0.15) is 25.0 Å². The minimum atomic E-state index is -0.405. The van der Waals surface area contributed by atoms with E-state index >= 15 is 0 Å². The van der Waals surface area contributed by atoms with Gasteiger partial charge in [-0.25, -0.2) is 9.18 Å². The van der Waals surface area contributed by atoms with Crippen molar-refractivity contribution in [2.45, 2.75) is 27.3 Å². The number of hydrogen-bond acceptors (Lipinski definition) is 3. The zero-order valence-corrected chi connectivity index (χ0v) is 21.0. The summed E-state index contributed by atoms with van der Waals surface area (Å²) >= 11 is 6.34. The maximum Gasteiger partial charge on any atom is 0.415 e. The Labute approximate surface area is 209 Å². The number of ether oxygens (including phenoxy) is 2. The van der Waals surface area contributed by atoms with Gasteiger partial charge in [0.2, 0.25) is 0 Å². The van der Waals surface area contributed by atoms with Crippen molar-refractivity contribution in [2.24, 2.45) is 0 Å². The van der Waals surface area contributed by atoms with Gasteiger partial charge in [0, 0.05) is 46.3 Å². The van der Waals surface area contributed by atoms with Crippen LogP contribution < -0.4 is 9.47 Å². The fourth-order valence-corrected chi connectivity index (χ4v) is 4.41. The van der Waals surface area contributed by atoms with Crippen molar-refractivity contribution in [2.75, 3.05) is 20.2 Å². The predicted molar refractivity (Wildman–Crippen MR) is 138 cm³/mol. The molecule has 0 spiro atoms. The molecule has 35 heavy (non-hydrogen) atoms. The van der Waals surface area contributed by atoms with Crippen molar-refractivity contribution in [3.05, 3.63) is 82.8 Å². The Bertz CT molecular complexity index is 1360. The van der Waals surface area contributed by atoms with Crippen LogP contribution in [0, 0.1) is 12.7 Å². The van der Waals surface area contributed by atoms with Crippen LogP contribution in [0.4, 0.5) is 9.18 Å². The number of benzene rings is 3. The van der Waals surface area contributed by atoms with E-state index in [2.05, 4.69) is 0 Å². The number of aromatic nitrogens is 1. The van der Waals surface area contributed by atoms with E-state index in [1.54, 1.807) is 37.1 Å². The van der Waals surface area contributed by atoms with Crippen LogP contribution in [0.5, 0.6) is 11.5 Å². The lowest BCUT2D eigenvalue weighted by Gasteiger charge is -2.20. The lowest BCUT2D eigenvalue weighted by atomic mass is 10.0. The quantitative estimate of drug-likeness (QED) is 0.270. The number of carbonyl (C=O) groups is 1. The molecular weight excluding hydrogens is 467 g/mol. The second kappa shape index (κ2) is 10.4. The number of methoxy groups -OCH3 is 1. The van der Waals surface area contributed by atoms with E-state index in [0.29, 0.717) is 35.0 Å². The molecule has 1 aromatic heterocycles. The van der Waals surface area contributed by atoms with Gasteiger partial charge in [-0.15, -0.1) is 0 Å². The van der Waals surface area contributed by atoms with E-state index in [4.69, 9.17) is 21.1 Å². The van der Waals surface area contributed by atoms with Gasteiger partial charge >= 0.3 is 6.09 Å². The Morgan fingerprint density at radius 3 is 2.40 bits per heavy atom. The fraction of sp³-hybridized carbons (Fsp3) is 0.250. The zero-order chi connectivity index (χ0) is 25.1. The topological polar surface area (TPSA) is 43.7 Å². The number of halogens is 2. The number of fused-ring (bicyclic) bond motifs is 1. The van der Waals surface area contributed by atoms with Crippen LogP contribution in [0.15, 0.2) is 60.8 Å². The summed E-state index contributed by atoms with van der Waals surface area (Å²) in [7, 11) is 1.61. The highest BCUT2D eigenvalue weighted by Gasteiger charge is 2.20. The smallest absolute Gasteiger partial charge is 0.415 e. The van der Waals surface area contributed by atoms with Crippen molar-refractivity contribution in [1.82, 2.24) is 9.47 Å². The lowest BCUT2D eigenvalue weighted by molar-refractivity contribution is 0.157. The molecule has 0 bridgehead atoms. The molecule has 0 unspecified atom stereocenters. The third-order valence-electron chi connectivity index (χ3n) is 6.22. The van der Waals surface area contributed by atoms with E-state index in [0.717, 1.165) is 27.8 Å². The molecule has 0 saturated carbocycles. The van der Waals surface area contributed by atoms with Gasteiger partial charge in [0.1, 0.15) is 17.3 Å². The summed E-state index contributed by atoms with van der Waals surface area (Å²) in [6, 6.07) is 16.6. The molecule has 0 aliphatic rings. The number of rotatable bonds is 7. The highest BCUT2D eigenvalue weighted by atomic mass is 35.5. The van der Waals surface area contributed by atoms with Gasteiger partial charge in [0.15, 0.2) is 0 Å². The first-order valence-electron chi connectivity index (χ1n) is 11.5. The van der Waals surface area contributed by atoms with Gasteiger partial charge in [-0.2, -0.15) is 0 Å². The van der Waals surface area contributed by atoms with Crippen LogP contribution in [0.2, 0.25) is 5.02 Å². The second-order valence-corrected chi connectivity index (χ2v) is 8.65. The minimum absolute atomic E-state index is 0.274. The minimum Gasteiger partial charge on any atom is -0.497 e. The Kier molecular flexibility index (Phi) is 7.31. The highest BCUT2D eigenvalue weighted by Crippen LogP contribution is 2.39. The molecule has 0 saturated heterocycles. The summed E-state index contributed by atoms with van der Waals surface area (Å²) < 4.78 is 28.0. The molecule has 0 aliphatic carbocycles. The molecule has 0 aliphatic heterocycles. The Balaban J connectivity index is 1.84. The predicted octanol–water partition coefficient (Wildman–Crippen LogP) is 7.31. The van der Waals surface area contributed by atoms with Crippen LogP contribution in [-0.2, 0) is 6.54 Å². The molecule has 182 valence electrons. The van der Waals surface area contributed by atoms with E-state index in [-0.39, 0.29) is 12.4 Å². The maximum absolute atomic E-state index is 14.8. The van der Waals surface area contributed by atoms with Crippen LogP contribution >= 0.6 is 11.6 Å². The fourth-order valence-electron chi connectivity index (χ4n) is 4.20. The Morgan fingerprint density at radius 1 is 1.03 bits per heavy atom. The van der Waals surface area contributed by atoms with Gasteiger partial charge in [-0.1, -0.05) is 29.8 Å². The number of hydrogen-bond donors (Lipinski definition) is 0. The van der Waals surface area contributed by atoms with Crippen molar-refractivity contribution in [1.29, 1.82) is 0 Å². The second-order valence-electron chi connectivity index (χ2n) is 8.24. The largest absolute Gasteiger partial charge is 0.497 e. The third-order valence-corrected chi connectivity index (χ3v) is 6.57. The van der Waals surface area contributed by atoms with Crippen molar-refractivity contribution in [3.63, 3.8) is 0 Å². The molecular formula is C28H28ClFN2O3. The van der Waals surface area contributed by atoms with Gasteiger partial charge in [-0.05, 0) is 68.3 Å². The van der Waals surface area contributed by atoms with Crippen molar-refractivity contribution < 1.29 is 18.7 Å². The van der Waals surface area contributed by atoms with Crippen LogP contribution in [0.25, 0.3) is 22.0 Å². The molecule has 0 N–H and O–H groups in total. The molecule has 0 fully saturated rings. The van der Waals surface area contributed by atoms with Crippen molar-refractivity contribution >= 4 is 28.6 Å². The summed E-state index contributed by atoms with van der Waals surface area (Å²) in [5.74, 6) is 0.876. The average Bonchev–Trinajstić information content (AvgIpc) is 3.27. The van der Waals surface area contributed by atoms with Gasteiger partial charge in [0.25, 0.3) is 0 Å². The summed E-state index contributed by atoms with van der Waals surface area (Å²) in [6.07, 6.45) is 1.49. The summed E-state index contributed by atoms with van der Waals surface area (Å²) in [6.45, 7) is 6.92. The first-order valence-corrected chi connectivity index (χ1v) is 11.9. The lowest BCUT2D eigenvalue weighted by Crippen LogP contribution is -2.33. The molecule has 0 atom stereocenters. The maximum atomic E-state index is 14.8. The number of amides is 1. The number of nitrogens with zero attached hydrogens (tertiary/aromatic N) is 2. The van der Waals surface area contributed by atoms with Crippen LogP contribution in [-0.4, -0.2) is 35.8 Å². The van der Waals surface area contributed by atoms with Gasteiger partial charge in [-0.3, -0.25) is 0 Å². The first kappa shape index (κ1) is 24.6. The van der Waals surface area contributed by atoms with E-state index in [1.807, 2.05) is 61.0 Å². The van der Waals surface area contributed by atoms with E-state index in [1.165, 1.54) is 0 Å². The monoisotopic (exact) mass is 494 g/mol. The SMILES string of the molecule is CCN(CC)C(=O)Oc1ccc2c(ccn2Cc2c(Cl)ccc(C)c2F)c1-c1ccc(OC)cc1. The number of carbonyl (C=O) groups excluding carboxylic acids is 1. The molecule has 4 aromatic rings. The summed E-state index contributed by atoms with van der Waals surface area (Å²) in [5.41, 5.74) is 3.50. The van der Waals surface area contributed by atoms with Gasteiger partial charge in [0.05, 0.1) is 13.7 Å². The van der Waals surface area contributed by atoms with E-state index in [9.17, 15) is 9.18 Å².